The summed E-state index contributed by atoms with van der Waals surface area (Å²) in [5.41, 5.74) is 1.13. The second kappa shape index (κ2) is 7.14. The summed E-state index contributed by atoms with van der Waals surface area (Å²) in [6, 6.07) is 8.85. The lowest BCUT2D eigenvalue weighted by Gasteiger charge is -2.27. The summed E-state index contributed by atoms with van der Waals surface area (Å²) in [7, 11) is 0. The maximum Gasteiger partial charge on any atom is 0.261 e. The number of rotatable bonds is 3. The molecule has 1 aliphatic rings. The number of hydrogen-bond acceptors (Lipinski definition) is 2. The van der Waals surface area contributed by atoms with Gasteiger partial charge in [0.05, 0.1) is 0 Å². The van der Waals surface area contributed by atoms with E-state index in [1.165, 1.54) is 4.90 Å². The maximum atomic E-state index is 12.6. The van der Waals surface area contributed by atoms with E-state index < -0.39 is 0 Å². The Morgan fingerprint density at radius 2 is 1.61 bits per heavy atom. The van der Waals surface area contributed by atoms with Crippen molar-refractivity contribution in [3.05, 3.63) is 46.5 Å². The molecule has 0 aliphatic carbocycles. The van der Waals surface area contributed by atoms with Gasteiger partial charge in [-0.25, -0.2) is 0 Å². The number of amides is 2. The molecule has 0 bridgehead atoms. The molecular formula is C19H22ClNO2. The molecule has 4 heteroatoms. The van der Waals surface area contributed by atoms with Crippen molar-refractivity contribution in [2.75, 3.05) is 6.54 Å². The van der Waals surface area contributed by atoms with Gasteiger partial charge in [-0.15, -0.1) is 0 Å². The van der Waals surface area contributed by atoms with Gasteiger partial charge in [0.15, 0.2) is 0 Å². The Kier molecular flexibility index (Phi) is 5.42. The molecule has 3 rings (SSSR count). The lowest BCUT2D eigenvalue weighted by molar-refractivity contribution is 0.0604. The molecule has 0 unspecified atom stereocenters. The minimum atomic E-state index is -0.221. The molecule has 1 aliphatic heterocycles. The molecule has 0 fully saturated rings. The smallest absolute Gasteiger partial charge is 0.261 e. The van der Waals surface area contributed by atoms with Gasteiger partial charge in [-0.2, -0.15) is 0 Å². The first kappa shape index (κ1) is 17.5. The molecule has 0 N–H and O–H groups in total. The normalized spacial score (nSPS) is 13.4. The number of halogens is 1. The highest BCUT2D eigenvalue weighted by Gasteiger charge is 2.32. The highest BCUT2D eigenvalue weighted by Crippen LogP contribution is 2.34. The van der Waals surface area contributed by atoms with Crippen LogP contribution in [0.25, 0.3) is 10.8 Å². The summed E-state index contributed by atoms with van der Waals surface area (Å²) in [6.45, 7) is 8.61. The number of imide groups is 1. The Hall–Kier alpha value is -1.87. The van der Waals surface area contributed by atoms with Gasteiger partial charge in [0.25, 0.3) is 11.8 Å². The van der Waals surface area contributed by atoms with Gasteiger partial charge < -0.3 is 0 Å². The van der Waals surface area contributed by atoms with Crippen molar-refractivity contribution >= 4 is 34.2 Å². The molecule has 0 spiro atoms. The van der Waals surface area contributed by atoms with Crippen molar-refractivity contribution in [3.8, 4) is 0 Å². The van der Waals surface area contributed by atoms with Gasteiger partial charge in [-0.05, 0) is 30.5 Å². The Morgan fingerprint density at radius 1 is 1.00 bits per heavy atom. The van der Waals surface area contributed by atoms with Gasteiger partial charge in [0.1, 0.15) is 0 Å². The van der Waals surface area contributed by atoms with E-state index in [-0.39, 0.29) is 11.8 Å². The summed E-state index contributed by atoms with van der Waals surface area (Å²) in [5.74, 6) is -0.00459. The van der Waals surface area contributed by atoms with Crippen molar-refractivity contribution < 1.29 is 9.59 Å². The molecule has 2 aromatic carbocycles. The Labute approximate surface area is 142 Å². The predicted octanol–water partition coefficient (Wildman–Crippen LogP) is 5.16. The van der Waals surface area contributed by atoms with Crippen LogP contribution in [0.2, 0.25) is 5.02 Å². The lowest BCUT2D eigenvalue weighted by atomic mass is 9.93. The van der Waals surface area contributed by atoms with E-state index in [2.05, 4.69) is 13.8 Å². The minimum Gasteiger partial charge on any atom is -0.274 e. The fraction of sp³-hybridized carbons (Fsp3) is 0.368. The Bertz CT molecular complexity index is 730. The molecule has 2 amide bonds. The average molecular weight is 332 g/mol. The summed E-state index contributed by atoms with van der Waals surface area (Å²) >= 11 is 6.18. The van der Waals surface area contributed by atoms with Gasteiger partial charge in [-0.1, -0.05) is 51.4 Å². The first-order valence-electron chi connectivity index (χ1n) is 8.08. The van der Waals surface area contributed by atoms with Crippen LogP contribution in [0.1, 0.15) is 54.8 Å². The zero-order valence-electron chi connectivity index (χ0n) is 14.0. The third-order valence-electron chi connectivity index (χ3n) is 3.87. The Morgan fingerprint density at radius 3 is 2.22 bits per heavy atom. The predicted molar refractivity (Wildman–Crippen MR) is 95.1 cm³/mol. The van der Waals surface area contributed by atoms with Crippen molar-refractivity contribution in [2.24, 2.45) is 5.92 Å². The second-order valence-electron chi connectivity index (χ2n) is 5.77. The van der Waals surface area contributed by atoms with E-state index in [1.807, 2.05) is 26.0 Å². The average Bonchev–Trinajstić information content (AvgIpc) is 2.55. The molecule has 0 saturated heterocycles. The van der Waals surface area contributed by atoms with Gasteiger partial charge >= 0.3 is 0 Å². The molecule has 3 nitrogen and oxygen atoms in total. The second-order valence-corrected chi connectivity index (χ2v) is 6.17. The highest BCUT2D eigenvalue weighted by atomic mass is 35.5. The highest BCUT2D eigenvalue weighted by molar-refractivity contribution is 6.38. The zero-order chi connectivity index (χ0) is 17.1. The number of nitrogens with zero attached hydrogens (tertiary/aromatic N) is 1. The van der Waals surface area contributed by atoms with Crippen LogP contribution >= 0.6 is 11.6 Å². The van der Waals surface area contributed by atoms with Gasteiger partial charge in [0, 0.05) is 33.5 Å². The molecular weight excluding hydrogens is 310 g/mol. The molecule has 0 radical (unpaired) electrons. The standard InChI is InChI=1S/C17H16ClNO2.C2H6/c1-10(2)8-9-19-16(20)12-5-3-4-11-14(18)7-6-13(15(11)12)17(19)21;1-2/h3-7,10H,8-9H2,1-2H3;1-2H3. The van der Waals surface area contributed by atoms with Crippen LogP contribution in [0.15, 0.2) is 30.3 Å². The topological polar surface area (TPSA) is 37.4 Å². The van der Waals surface area contributed by atoms with Crippen LogP contribution in [-0.4, -0.2) is 23.3 Å². The monoisotopic (exact) mass is 331 g/mol. The third kappa shape index (κ3) is 3.11. The van der Waals surface area contributed by atoms with Crippen molar-refractivity contribution in [2.45, 2.75) is 34.1 Å². The van der Waals surface area contributed by atoms with Crippen molar-refractivity contribution in [1.82, 2.24) is 4.90 Å². The molecule has 1 heterocycles. The summed E-state index contributed by atoms with van der Waals surface area (Å²) < 4.78 is 0. The number of carbonyl (C=O) groups is 2. The van der Waals surface area contributed by atoms with E-state index in [0.717, 1.165) is 11.8 Å². The first-order valence-corrected chi connectivity index (χ1v) is 8.46. The first-order chi connectivity index (χ1) is 11.0. The minimum absolute atomic E-state index is 0.221. The molecule has 0 saturated carbocycles. The van der Waals surface area contributed by atoms with Gasteiger partial charge in [0.2, 0.25) is 0 Å². The zero-order valence-corrected chi connectivity index (χ0v) is 14.8. The lowest BCUT2D eigenvalue weighted by Crippen LogP contribution is -2.41. The SMILES string of the molecule is CC.CC(C)CCN1C(=O)c2cccc3c(Cl)ccc(c23)C1=O. The summed E-state index contributed by atoms with van der Waals surface area (Å²) in [6.07, 6.45) is 0.802. The van der Waals surface area contributed by atoms with Crippen molar-refractivity contribution in [3.63, 3.8) is 0 Å². The number of carbonyl (C=O) groups excluding carboxylic acids is 2. The Balaban J connectivity index is 0.000000924. The van der Waals surface area contributed by atoms with Gasteiger partial charge in [-0.3, -0.25) is 14.5 Å². The van der Waals surface area contributed by atoms with E-state index in [0.29, 0.717) is 34.0 Å². The third-order valence-corrected chi connectivity index (χ3v) is 4.20. The molecule has 122 valence electrons. The quantitative estimate of drug-likeness (QED) is 0.728. The van der Waals surface area contributed by atoms with Crippen LogP contribution in [0.5, 0.6) is 0 Å². The van der Waals surface area contributed by atoms with Crippen molar-refractivity contribution in [1.29, 1.82) is 0 Å². The molecule has 2 aromatic rings. The van der Waals surface area contributed by atoms with E-state index >= 15 is 0 Å². The fourth-order valence-corrected chi connectivity index (χ4v) is 2.92. The van der Waals surface area contributed by atoms with E-state index in [4.69, 9.17) is 11.6 Å². The van der Waals surface area contributed by atoms with Crippen LogP contribution in [0, 0.1) is 5.92 Å². The van der Waals surface area contributed by atoms with Crippen LogP contribution in [0.4, 0.5) is 0 Å². The largest absolute Gasteiger partial charge is 0.274 e. The molecule has 23 heavy (non-hydrogen) atoms. The van der Waals surface area contributed by atoms with Crippen LogP contribution in [0.3, 0.4) is 0 Å². The fourth-order valence-electron chi connectivity index (χ4n) is 2.70. The number of benzene rings is 2. The maximum absolute atomic E-state index is 12.6. The van der Waals surface area contributed by atoms with E-state index in [1.54, 1.807) is 18.2 Å². The molecule has 0 aromatic heterocycles. The van der Waals surface area contributed by atoms with E-state index in [9.17, 15) is 9.59 Å². The van der Waals surface area contributed by atoms with Crippen LogP contribution in [-0.2, 0) is 0 Å². The summed E-state index contributed by atoms with van der Waals surface area (Å²) in [5, 5.41) is 2.00. The van der Waals surface area contributed by atoms with Crippen LogP contribution < -0.4 is 0 Å². The number of hydrogen-bond donors (Lipinski definition) is 0. The molecule has 0 atom stereocenters. The summed E-state index contributed by atoms with van der Waals surface area (Å²) in [4.78, 5) is 26.6.